The third-order valence-electron chi connectivity index (χ3n) is 9.55. The van der Waals surface area contributed by atoms with Gasteiger partial charge in [-0.2, -0.15) is 0 Å². The number of unbranched alkanes of at least 4 members (excludes halogenated alkanes) is 1. The Morgan fingerprint density at radius 3 is 2.38 bits per heavy atom. The molecule has 3 aliphatic rings. The Labute approximate surface area is 297 Å². The maximum atomic E-state index is 13.1. The molecule has 0 saturated heterocycles. The largest absolute Gasteiger partial charge is 0.478 e. The summed E-state index contributed by atoms with van der Waals surface area (Å²) < 4.78 is 7.12. The van der Waals surface area contributed by atoms with Gasteiger partial charge in [-0.1, -0.05) is 93.2 Å². The molecule has 0 bridgehead atoms. The summed E-state index contributed by atoms with van der Waals surface area (Å²) in [6, 6.07) is 4.28. The molecule has 0 amide bonds. The van der Waals surface area contributed by atoms with E-state index in [-0.39, 0.29) is 36.6 Å². The van der Waals surface area contributed by atoms with Crippen molar-refractivity contribution in [2.24, 2.45) is 5.41 Å². The molecule has 0 aliphatic carbocycles. The number of carboxylic acids is 1. The van der Waals surface area contributed by atoms with Crippen LogP contribution in [0, 0.1) is 5.41 Å². The molecule has 3 aromatic carbocycles. The first-order chi connectivity index (χ1) is 22.2. The van der Waals surface area contributed by atoms with Gasteiger partial charge in [0.05, 0.1) is 25.7 Å². The van der Waals surface area contributed by atoms with E-state index in [0.29, 0.717) is 11.3 Å². The number of benzene rings is 3. The highest BCUT2D eigenvalue weighted by molar-refractivity contribution is 6.53. The van der Waals surface area contributed by atoms with E-state index in [4.69, 9.17) is 51.1 Å². The predicted octanol–water partition coefficient (Wildman–Crippen LogP) is 10.6. The molecular weight excluding hydrogens is 672 g/mol. The lowest BCUT2D eigenvalue weighted by Gasteiger charge is -2.36. The molecule has 248 valence electrons. The van der Waals surface area contributed by atoms with Crippen LogP contribution in [-0.4, -0.2) is 24.2 Å². The fraction of sp³-hybridized carbons (Fsp3) is 0.410. The van der Waals surface area contributed by atoms with E-state index in [2.05, 4.69) is 64.3 Å². The van der Waals surface area contributed by atoms with Gasteiger partial charge in [-0.15, -0.1) is 0 Å². The molecular formula is C39H41Cl4NO3. The van der Waals surface area contributed by atoms with E-state index >= 15 is 0 Å². The number of aromatic carboxylic acids is 1. The van der Waals surface area contributed by atoms with E-state index < -0.39 is 5.97 Å². The Bertz CT molecular complexity index is 1970. The third kappa shape index (κ3) is 5.98. The summed E-state index contributed by atoms with van der Waals surface area (Å²) in [5, 5.41) is 12.2. The maximum Gasteiger partial charge on any atom is 0.337 e. The van der Waals surface area contributed by atoms with Gasteiger partial charge in [0.1, 0.15) is 11.5 Å². The maximum absolute atomic E-state index is 13.1. The number of aryl methyl sites for hydroxylation is 1. The number of fused-ring (bicyclic) bond motifs is 3. The van der Waals surface area contributed by atoms with Crippen LogP contribution in [0.15, 0.2) is 18.2 Å². The van der Waals surface area contributed by atoms with Crippen LogP contribution in [0.3, 0.4) is 0 Å². The SMILES string of the molecule is C=c1c(/C(C)=C\C(C)(C)C)cc2c(c1CCCC)Oc1c(cc3c4c1CCCN4CCCC3)C=2c1c(Cl)c(Cl)c(Cl)c(Cl)c1C(=O)O. The van der Waals surface area contributed by atoms with Crippen molar-refractivity contribution in [2.75, 3.05) is 18.0 Å². The highest BCUT2D eigenvalue weighted by atomic mass is 35.5. The van der Waals surface area contributed by atoms with Crippen LogP contribution in [0.25, 0.3) is 17.7 Å². The lowest BCUT2D eigenvalue weighted by atomic mass is 9.82. The molecule has 0 saturated carbocycles. The van der Waals surface area contributed by atoms with E-state index in [0.717, 1.165) is 108 Å². The highest BCUT2D eigenvalue weighted by Gasteiger charge is 2.36. The Morgan fingerprint density at radius 1 is 1.00 bits per heavy atom. The molecule has 8 heteroatoms. The molecule has 47 heavy (non-hydrogen) atoms. The summed E-state index contributed by atoms with van der Waals surface area (Å²) in [6.07, 6.45) is 9.91. The van der Waals surface area contributed by atoms with E-state index in [9.17, 15) is 9.90 Å². The number of ether oxygens (including phenoxy) is 1. The number of hydrogen-bond acceptors (Lipinski definition) is 3. The highest BCUT2D eigenvalue weighted by Crippen LogP contribution is 2.51. The predicted molar refractivity (Wildman–Crippen MR) is 198 cm³/mol. The normalized spacial score (nSPS) is 15.9. The lowest BCUT2D eigenvalue weighted by Crippen LogP contribution is -2.32. The van der Waals surface area contributed by atoms with Gasteiger partial charge in [0.25, 0.3) is 0 Å². The van der Waals surface area contributed by atoms with Gasteiger partial charge in [0, 0.05) is 51.8 Å². The fourth-order valence-corrected chi connectivity index (χ4v) is 8.66. The molecule has 0 aromatic heterocycles. The van der Waals surface area contributed by atoms with Crippen molar-refractivity contribution in [3.63, 3.8) is 0 Å². The molecule has 3 heterocycles. The second-order valence-corrected chi connectivity index (χ2v) is 15.6. The quantitative estimate of drug-likeness (QED) is 0.160. The van der Waals surface area contributed by atoms with Crippen LogP contribution in [0.2, 0.25) is 20.1 Å². The molecule has 1 N–H and O–H groups in total. The van der Waals surface area contributed by atoms with Crippen LogP contribution >= 0.6 is 46.4 Å². The topological polar surface area (TPSA) is 49.8 Å². The minimum atomic E-state index is -1.24. The number of nitrogens with zero attached hydrogens (tertiary/aromatic N) is 1. The van der Waals surface area contributed by atoms with Crippen LogP contribution in [0.5, 0.6) is 11.5 Å². The molecule has 0 unspecified atom stereocenters. The molecule has 3 aromatic rings. The monoisotopic (exact) mass is 711 g/mol. The second kappa shape index (κ2) is 13.0. The van der Waals surface area contributed by atoms with Crippen LogP contribution in [0.1, 0.15) is 110 Å². The van der Waals surface area contributed by atoms with Gasteiger partial charge in [0.15, 0.2) is 0 Å². The summed E-state index contributed by atoms with van der Waals surface area (Å²) in [7, 11) is 0. The molecule has 0 atom stereocenters. The van der Waals surface area contributed by atoms with Gasteiger partial charge in [-0.05, 0) is 91.3 Å². The first-order valence-corrected chi connectivity index (χ1v) is 18.1. The number of halogens is 4. The van der Waals surface area contributed by atoms with Gasteiger partial charge < -0.3 is 14.7 Å². The van der Waals surface area contributed by atoms with Crippen molar-refractivity contribution < 1.29 is 14.6 Å². The van der Waals surface area contributed by atoms with Gasteiger partial charge in [-0.3, -0.25) is 0 Å². The molecule has 0 fully saturated rings. The van der Waals surface area contributed by atoms with Crippen molar-refractivity contribution in [1.82, 2.24) is 0 Å². The second-order valence-electron chi connectivity index (χ2n) is 14.1. The first kappa shape index (κ1) is 34.2. The minimum Gasteiger partial charge on any atom is -0.478 e. The average Bonchev–Trinajstić information content (AvgIpc) is 3.22. The molecule has 0 spiro atoms. The Balaban J connectivity index is 1.86. The zero-order valence-electron chi connectivity index (χ0n) is 27.7. The number of anilines is 1. The fourth-order valence-electron chi connectivity index (χ4n) is 7.63. The molecule has 6 rings (SSSR count). The number of hydrogen-bond donors (Lipinski definition) is 1. The van der Waals surface area contributed by atoms with Crippen molar-refractivity contribution >= 4 is 75.8 Å². The molecule has 4 nitrogen and oxygen atoms in total. The minimum absolute atomic E-state index is 0.0201. The summed E-state index contributed by atoms with van der Waals surface area (Å²) in [4.78, 5) is 15.6. The number of rotatable bonds is 6. The van der Waals surface area contributed by atoms with Gasteiger partial charge in [-0.25, -0.2) is 4.79 Å². The third-order valence-corrected chi connectivity index (χ3v) is 11.3. The number of allylic oxidation sites excluding steroid dienone is 2. The first-order valence-electron chi connectivity index (χ1n) is 16.6. The Morgan fingerprint density at radius 2 is 1.70 bits per heavy atom. The molecule has 3 aliphatic heterocycles. The van der Waals surface area contributed by atoms with Crippen molar-refractivity contribution in [2.45, 2.75) is 86.0 Å². The Kier molecular flexibility index (Phi) is 9.48. The van der Waals surface area contributed by atoms with Crippen molar-refractivity contribution in [1.29, 1.82) is 0 Å². The van der Waals surface area contributed by atoms with E-state index in [1.165, 1.54) is 11.3 Å². The zero-order valence-corrected chi connectivity index (χ0v) is 30.8. The van der Waals surface area contributed by atoms with Crippen LogP contribution in [0.4, 0.5) is 5.69 Å². The standard InChI is InChI=1S/C39H41Cl4NO3/c1-7-8-13-23-21(3)25(20(2)19-39(4,5)6)18-27-28(29-30(38(45)46)32(41)34(43)33(42)31(29)40)26-17-22-12-9-10-15-44-16-11-14-24(35(22)44)37(26)47-36(23)27/h17-19H,3,7-16H2,1-2,4-6H3,(H,45,46)/b20-19-. The molecule has 0 radical (unpaired) electrons. The van der Waals surface area contributed by atoms with Crippen LogP contribution < -0.4 is 20.1 Å². The average molecular weight is 714 g/mol. The van der Waals surface area contributed by atoms with Gasteiger partial charge in [0.2, 0.25) is 0 Å². The van der Waals surface area contributed by atoms with E-state index in [1.807, 2.05) is 0 Å². The van der Waals surface area contributed by atoms with Crippen molar-refractivity contribution in [3.05, 3.63) is 87.7 Å². The number of carboxylic acid groups (broad SMARTS) is 1. The summed E-state index contributed by atoms with van der Waals surface area (Å²) in [6.45, 7) is 17.4. The van der Waals surface area contributed by atoms with Crippen molar-refractivity contribution in [3.8, 4) is 11.5 Å². The Hall–Kier alpha value is -2.63. The number of carbonyl (C=O) groups is 1. The summed E-state index contributed by atoms with van der Waals surface area (Å²) in [5.41, 5.74) is 8.18. The smallest absolute Gasteiger partial charge is 0.337 e. The summed E-state index contributed by atoms with van der Waals surface area (Å²) >= 11 is 27.0. The van der Waals surface area contributed by atoms with Crippen LogP contribution in [-0.2, 0) is 19.3 Å². The van der Waals surface area contributed by atoms with Gasteiger partial charge >= 0.3 is 5.97 Å². The zero-order chi connectivity index (χ0) is 33.9. The summed E-state index contributed by atoms with van der Waals surface area (Å²) in [5.74, 6) is 0.202. The lowest BCUT2D eigenvalue weighted by molar-refractivity contribution is 0.0696. The van der Waals surface area contributed by atoms with E-state index in [1.54, 1.807) is 0 Å².